The predicted octanol–water partition coefficient (Wildman–Crippen LogP) is 2.28. The fraction of sp³-hybridized carbons (Fsp3) is 0.222. The van der Waals surface area contributed by atoms with E-state index in [4.69, 9.17) is 28.9 Å². The molecule has 0 aliphatic heterocycles. The number of nitrogens with two attached hydrogens (primary N) is 1. The van der Waals surface area contributed by atoms with Gasteiger partial charge in [-0.05, 0) is 19.1 Å². The van der Waals surface area contributed by atoms with Crippen LogP contribution in [-0.2, 0) is 4.79 Å². The van der Waals surface area contributed by atoms with Crippen molar-refractivity contribution < 1.29 is 4.79 Å². The number of carbonyl (C=O) groups excluding carboxylic acids is 1. The summed E-state index contributed by atoms with van der Waals surface area (Å²) in [7, 11) is 0. The highest BCUT2D eigenvalue weighted by Crippen LogP contribution is 2.29. The van der Waals surface area contributed by atoms with E-state index in [0.717, 1.165) is 0 Å². The second-order valence-corrected chi connectivity index (χ2v) is 3.66. The molecule has 0 saturated carbocycles. The van der Waals surface area contributed by atoms with E-state index in [1.807, 2.05) is 0 Å². The van der Waals surface area contributed by atoms with Gasteiger partial charge in [0.2, 0.25) is 5.91 Å². The number of hydrogen-bond donors (Lipinski definition) is 2. The first-order valence-electron chi connectivity index (χ1n) is 4.03. The van der Waals surface area contributed by atoms with E-state index < -0.39 is 6.04 Å². The third kappa shape index (κ3) is 2.61. The van der Waals surface area contributed by atoms with E-state index in [1.165, 1.54) is 0 Å². The Morgan fingerprint density at radius 2 is 2.14 bits per heavy atom. The summed E-state index contributed by atoms with van der Waals surface area (Å²) >= 11 is 11.6. The van der Waals surface area contributed by atoms with Crippen molar-refractivity contribution in [2.45, 2.75) is 13.0 Å². The minimum absolute atomic E-state index is 0.297. The molecule has 14 heavy (non-hydrogen) atoms. The van der Waals surface area contributed by atoms with E-state index in [1.54, 1.807) is 25.1 Å². The summed E-state index contributed by atoms with van der Waals surface area (Å²) < 4.78 is 0. The quantitative estimate of drug-likeness (QED) is 0.823. The van der Waals surface area contributed by atoms with Crippen LogP contribution in [0.3, 0.4) is 0 Å². The topological polar surface area (TPSA) is 55.1 Å². The molecule has 1 aromatic carbocycles. The van der Waals surface area contributed by atoms with Gasteiger partial charge in [-0.2, -0.15) is 0 Å². The van der Waals surface area contributed by atoms with Crippen LogP contribution in [0.25, 0.3) is 0 Å². The van der Waals surface area contributed by atoms with E-state index in [9.17, 15) is 4.79 Å². The highest BCUT2D eigenvalue weighted by molar-refractivity contribution is 6.44. The van der Waals surface area contributed by atoms with E-state index in [0.29, 0.717) is 15.7 Å². The van der Waals surface area contributed by atoms with E-state index in [2.05, 4.69) is 5.32 Å². The zero-order valence-corrected chi connectivity index (χ0v) is 9.06. The van der Waals surface area contributed by atoms with Crippen LogP contribution in [0.5, 0.6) is 0 Å². The molecule has 0 radical (unpaired) electrons. The minimum Gasteiger partial charge on any atom is -0.323 e. The summed E-state index contributed by atoms with van der Waals surface area (Å²) in [5.41, 5.74) is 5.86. The highest BCUT2D eigenvalue weighted by Gasteiger charge is 2.10. The van der Waals surface area contributed by atoms with Crippen molar-refractivity contribution in [2.24, 2.45) is 5.73 Å². The minimum atomic E-state index is -0.579. The van der Waals surface area contributed by atoms with Crippen LogP contribution in [0.4, 0.5) is 5.69 Å². The van der Waals surface area contributed by atoms with E-state index in [-0.39, 0.29) is 5.91 Å². The van der Waals surface area contributed by atoms with Gasteiger partial charge < -0.3 is 11.1 Å². The number of benzene rings is 1. The fourth-order valence-corrected chi connectivity index (χ4v) is 1.19. The first-order valence-corrected chi connectivity index (χ1v) is 4.78. The summed E-state index contributed by atoms with van der Waals surface area (Å²) in [6, 6.07) is 4.43. The van der Waals surface area contributed by atoms with Crippen molar-refractivity contribution in [3.8, 4) is 0 Å². The van der Waals surface area contributed by atoms with E-state index >= 15 is 0 Å². The molecule has 76 valence electrons. The van der Waals surface area contributed by atoms with Crippen LogP contribution < -0.4 is 11.1 Å². The monoisotopic (exact) mass is 232 g/mol. The maximum Gasteiger partial charge on any atom is 0.241 e. The molecule has 0 bridgehead atoms. The molecule has 0 fully saturated rings. The Hall–Kier alpha value is -0.770. The Balaban J connectivity index is 2.87. The Morgan fingerprint density at radius 3 is 2.71 bits per heavy atom. The molecular weight excluding hydrogens is 223 g/mol. The van der Waals surface area contributed by atoms with Gasteiger partial charge in [0.25, 0.3) is 0 Å². The first kappa shape index (κ1) is 11.3. The third-order valence-electron chi connectivity index (χ3n) is 1.62. The average molecular weight is 233 g/mol. The fourth-order valence-electron chi connectivity index (χ4n) is 0.847. The Morgan fingerprint density at radius 1 is 1.50 bits per heavy atom. The zero-order chi connectivity index (χ0) is 10.7. The molecule has 0 unspecified atom stereocenters. The molecule has 0 heterocycles. The van der Waals surface area contributed by atoms with Gasteiger partial charge in [0.1, 0.15) is 0 Å². The van der Waals surface area contributed by atoms with Crippen molar-refractivity contribution in [2.75, 3.05) is 5.32 Å². The van der Waals surface area contributed by atoms with Crippen LogP contribution in [-0.4, -0.2) is 11.9 Å². The molecule has 3 nitrogen and oxygen atoms in total. The van der Waals surface area contributed by atoms with Crippen LogP contribution in [0.2, 0.25) is 10.0 Å². The van der Waals surface area contributed by atoms with Gasteiger partial charge in [0.15, 0.2) is 0 Å². The normalized spacial score (nSPS) is 12.3. The lowest BCUT2D eigenvalue weighted by molar-refractivity contribution is -0.117. The number of rotatable bonds is 2. The lowest BCUT2D eigenvalue weighted by atomic mass is 10.3. The number of hydrogen-bond acceptors (Lipinski definition) is 2. The standard InChI is InChI=1S/C9H10Cl2N2O/c1-5(12)9(14)13-7-4-2-3-6(10)8(7)11/h2-5H,12H2,1H3,(H,13,14)/t5-/m0/s1. The first-order chi connectivity index (χ1) is 6.52. The summed E-state index contributed by atoms with van der Waals surface area (Å²) in [6.45, 7) is 1.59. The number of nitrogens with one attached hydrogen (secondary N) is 1. The van der Waals surface area contributed by atoms with Gasteiger partial charge in [-0.1, -0.05) is 29.3 Å². The smallest absolute Gasteiger partial charge is 0.241 e. The van der Waals surface area contributed by atoms with Gasteiger partial charge in [-0.3, -0.25) is 4.79 Å². The van der Waals surface area contributed by atoms with Gasteiger partial charge >= 0.3 is 0 Å². The molecule has 1 aromatic rings. The molecule has 0 aromatic heterocycles. The molecule has 0 spiro atoms. The van der Waals surface area contributed by atoms with Gasteiger partial charge in [-0.15, -0.1) is 0 Å². The van der Waals surface area contributed by atoms with Crippen LogP contribution >= 0.6 is 23.2 Å². The lowest BCUT2D eigenvalue weighted by Gasteiger charge is -2.09. The van der Waals surface area contributed by atoms with Gasteiger partial charge in [-0.25, -0.2) is 0 Å². The van der Waals surface area contributed by atoms with Gasteiger partial charge in [0.05, 0.1) is 21.8 Å². The lowest BCUT2D eigenvalue weighted by Crippen LogP contribution is -2.32. The maximum atomic E-state index is 11.2. The third-order valence-corrected chi connectivity index (χ3v) is 2.44. The molecule has 1 rings (SSSR count). The second kappa shape index (κ2) is 4.64. The largest absolute Gasteiger partial charge is 0.323 e. The molecule has 0 saturated heterocycles. The van der Waals surface area contributed by atoms with Gasteiger partial charge in [0, 0.05) is 0 Å². The van der Waals surface area contributed by atoms with Crippen LogP contribution in [0.1, 0.15) is 6.92 Å². The number of anilines is 1. The van der Waals surface area contributed by atoms with Crippen molar-refractivity contribution in [1.29, 1.82) is 0 Å². The van der Waals surface area contributed by atoms with Crippen LogP contribution in [0.15, 0.2) is 18.2 Å². The number of carbonyl (C=O) groups is 1. The predicted molar refractivity (Wildman–Crippen MR) is 58.7 cm³/mol. The molecule has 1 amide bonds. The van der Waals surface area contributed by atoms with Crippen molar-refractivity contribution in [3.63, 3.8) is 0 Å². The average Bonchev–Trinajstić information content (AvgIpc) is 2.12. The zero-order valence-electron chi connectivity index (χ0n) is 7.55. The highest BCUT2D eigenvalue weighted by atomic mass is 35.5. The second-order valence-electron chi connectivity index (χ2n) is 2.88. The molecule has 5 heteroatoms. The Kier molecular flexibility index (Phi) is 3.75. The molecular formula is C9H10Cl2N2O. The maximum absolute atomic E-state index is 11.2. The molecule has 0 aliphatic carbocycles. The van der Waals surface area contributed by atoms with Crippen molar-refractivity contribution in [1.82, 2.24) is 0 Å². The molecule has 1 atom stereocenters. The summed E-state index contributed by atoms with van der Waals surface area (Å²) in [6.07, 6.45) is 0. The van der Waals surface area contributed by atoms with Crippen molar-refractivity contribution >= 4 is 34.8 Å². The molecule has 0 aliphatic rings. The van der Waals surface area contributed by atoms with Crippen LogP contribution in [0, 0.1) is 0 Å². The Labute approximate surface area is 92.2 Å². The number of amides is 1. The Bertz CT molecular complexity index is 353. The SMILES string of the molecule is C[C@H](N)C(=O)Nc1cccc(Cl)c1Cl. The summed E-state index contributed by atoms with van der Waals surface area (Å²) in [5, 5.41) is 3.29. The summed E-state index contributed by atoms with van der Waals surface area (Å²) in [4.78, 5) is 11.2. The van der Waals surface area contributed by atoms with Crippen molar-refractivity contribution in [3.05, 3.63) is 28.2 Å². The molecule has 3 N–H and O–H groups in total. The summed E-state index contributed by atoms with van der Waals surface area (Å²) in [5.74, 6) is -0.297. The number of halogens is 2.